The number of benzene rings is 1. The van der Waals surface area contributed by atoms with Gasteiger partial charge >= 0.3 is 0 Å². The standard InChI is InChI=1S/C13H19NO7S2/c1-22(16,17)20-7-5-12-9-11(10-15)3-4-13(12)14-6-8-21-23(2,18)19/h3-4,9-10,14H,5-8H2,1-2H3. The fourth-order valence-electron chi connectivity index (χ4n) is 1.75. The van der Waals surface area contributed by atoms with Gasteiger partial charge in [0.15, 0.2) is 0 Å². The summed E-state index contributed by atoms with van der Waals surface area (Å²) in [5.41, 5.74) is 1.76. The molecular formula is C13H19NO7S2. The zero-order valence-corrected chi connectivity index (χ0v) is 14.4. The Bertz CT molecular complexity index is 742. The van der Waals surface area contributed by atoms with Crippen LogP contribution in [0.15, 0.2) is 18.2 Å². The lowest BCUT2D eigenvalue weighted by Gasteiger charge is -2.12. The van der Waals surface area contributed by atoms with Crippen LogP contribution in [-0.4, -0.2) is 55.4 Å². The average Bonchev–Trinajstić information content (AvgIpc) is 2.42. The Hall–Kier alpha value is -1.49. The largest absolute Gasteiger partial charge is 0.382 e. The highest BCUT2D eigenvalue weighted by Crippen LogP contribution is 2.18. The van der Waals surface area contributed by atoms with Gasteiger partial charge in [0.25, 0.3) is 20.2 Å². The Kier molecular flexibility index (Phi) is 7.13. The summed E-state index contributed by atoms with van der Waals surface area (Å²) >= 11 is 0. The second-order valence-electron chi connectivity index (χ2n) is 4.76. The van der Waals surface area contributed by atoms with Gasteiger partial charge < -0.3 is 5.32 Å². The minimum absolute atomic E-state index is 0.0481. The van der Waals surface area contributed by atoms with Crippen LogP contribution >= 0.6 is 0 Å². The van der Waals surface area contributed by atoms with Gasteiger partial charge in [0, 0.05) is 17.8 Å². The lowest BCUT2D eigenvalue weighted by molar-refractivity contribution is 0.112. The molecule has 130 valence electrons. The molecule has 0 aromatic heterocycles. The second kappa shape index (κ2) is 8.39. The van der Waals surface area contributed by atoms with Gasteiger partial charge in [-0.2, -0.15) is 16.8 Å². The third-order valence-electron chi connectivity index (χ3n) is 2.65. The Morgan fingerprint density at radius 1 is 1.04 bits per heavy atom. The van der Waals surface area contributed by atoms with Crippen LogP contribution in [0.2, 0.25) is 0 Å². The molecule has 1 rings (SSSR count). The molecule has 0 spiro atoms. The molecule has 10 heteroatoms. The van der Waals surface area contributed by atoms with E-state index in [9.17, 15) is 21.6 Å². The summed E-state index contributed by atoms with van der Waals surface area (Å²) in [6, 6.07) is 4.85. The lowest BCUT2D eigenvalue weighted by Crippen LogP contribution is -2.14. The maximum absolute atomic E-state index is 11.0. The summed E-state index contributed by atoms with van der Waals surface area (Å²) in [5, 5.41) is 2.97. The van der Waals surface area contributed by atoms with E-state index in [1.165, 1.54) is 0 Å². The molecule has 0 radical (unpaired) electrons. The van der Waals surface area contributed by atoms with Crippen molar-refractivity contribution in [1.29, 1.82) is 0 Å². The summed E-state index contributed by atoms with van der Waals surface area (Å²) in [7, 11) is -7.04. The molecule has 0 bridgehead atoms. The SMILES string of the molecule is CS(=O)(=O)OCCNc1ccc(C=O)cc1CCOS(C)(=O)=O. The monoisotopic (exact) mass is 365 g/mol. The van der Waals surface area contributed by atoms with Crippen molar-refractivity contribution in [2.45, 2.75) is 6.42 Å². The molecule has 0 atom stereocenters. The molecule has 0 amide bonds. The third kappa shape index (κ3) is 8.65. The van der Waals surface area contributed by atoms with Crippen LogP contribution in [0.5, 0.6) is 0 Å². The number of aldehydes is 1. The molecule has 8 nitrogen and oxygen atoms in total. The van der Waals surface area contributed by atoms with Crippen molar-refractivity contribution in [3.63, 3.8) is 0 Å². The second-order valence-corrected chi connectivity index (χ2v) is 8.05. The van der Waals surface area contributed by atoms with Gasteiger partial charge in [0.1, 0.15) is 6.29 Å². The topological polar surface area (TPSA) is 116 Å². The number of anilines is 1. The van der Waals surface area contributed by atoms with Gasteiger partial charge in [-0.3, -0.25) is 13.2 Å². The normalized spacial score (nSPS) is 12.1. The van der Waals surface area contributed by atoms with Crippen LogP contribution in [0, 0.1) is 0 Å². The van der Waals surface area contributed by atoms with Crippen molar-refractivity contribution in [2.24, 2.45) is 0 Å². The minimum Gasteiger partial charge on any atom is -0.382 e. The fourth-order valence-corrected chi connectivity index (χ4v) is 2.52. The Balaban J connectivity index is 2.71. The molecule has 0 unspecified atom stereocenters. The highest BCUT2D eigenvalue weighted by molar-refractivity contribution is 7.86. The molecule has 0 aliphatic carbocycles. The molecule has 1 aromatic rings. The lowest BCUT2D eigenvalue weighted by atomic mass is 10.1. The average molecular weight is 365 g/mol. The van der Waals surface area contributed by atoms with E-state index in [0.29, 0.717) is 23.1 Å². The van der Waals surface area contributed by atoms with Crippen molar-refractivity contribution in [3.8, 4) is 0 Å². The minimum atomic E-state index is -3.54. The van der Waals surface area contributed by atoms with E-state index in [0.717, 1.165) is 12.5 Å². The fraction of sp³-hybridized carbons (Fsp3) is 0.462. The van der Waals surface area contributed by atoms with Gasteiger partial charge in [-0.15, -0.1) is 0 Å². The molecule has 0 saturated carbocycles. The van der Waals surface area contributed by atoms with Crippen LogP contribution < -0.4 is 5.32 Å². The summed E-state index contributed by atoms with van der Waals surface area (Å²) in [6.07, 6.45) is 2.86. The first-order valence-electron chi connectivity index (χ1n) is 6.61. The quantitative estimate of drug-likeness (QED) is 0.360. The van der Waals surface area contributed by atoms with Gasteiger partial charge in [0.05, 0.1) is 25.7 Å². The van der Waals surface area contributed by atoms with E-state index >= 15 is 0 Å². The number of hydrogen-bond donors (Lipinski definition) is 1. The first-order valence-corrected chi connectivity index (χ1v) is 10.2. The van der Waals surface area contributed by atoms with E-state index in [-0.39, 0.29) is 26.2 Å². The first-order chi connectivity index (χ1) is 10.6. The number of rotatable bonds is 10. The maximum Gasteiger partial charge on any atom is 0.264 e. The van der Waals surface area contributed by atoms with E-state index < -0.39 is 20.2 Å². The Morgan fingerprint density at radius 2 is 1.65 bits per heavy atom. The van der Waals surface area contributed by atoms with E-state index in [1.54, 1.807) is 18.2 Å². The van der Waals surface area contributed by atoms with E-state index in [2.05, 4.69) is 13.7 Å². The molecule has 1 aromatic carbocycles. The number of carbonyl (C=O) groups is 1. The van der Waals surface area contributed by atoms with E-state index in [1.807, 2.05) is 0 Å². The number of nitrogens with one attached hydrogen (secondary N) is 1. The molecule has 23 heavy (non-hydrogen) atoms. The van der Waals surface area contributed by atoms with Crippen molar-refractivity contribution in [2.75, 3.05) is 37.6 Å². The van der Waals surface area contributed by atoms with E-state index in [4.69, 9.17) is 0 Å². The number of carbonyl (C=O) groups excluding carboxylic acids is 1. The smallest absolute Gasteiger partial charge is 0.264 e. The van der Waals surface area contributed by atoms with Crippen molar-refractivity contribution in [1.82, 2.24) is 0 Å². The molecule has 1 N–H and O–H groups in total. The van der Waals surface area contributed by atoms with Crippen molar-refractivity contribution >= 4 is 32.2 Å². The highest BCUT2D eigenvalue weighted by atomic mass is 32.2. The summed E-state index contributed by atoms with van der Waals surface area (Å²) in [6.45, 7) is 0.122. The molecule has 0 fully saturated rings. The Labute approximate surface area is 136 Å². The molecule has 0 saturated heterocycles. The Morgan fingerprint density at radius 3 is 2.22 bits per heavy atom. The van der Waals surface area contributed by atoms with Gasteiger partial charge in [-0.05, 0) is 30.2 Å². The van der Waals surface area contributed by atoms with Crippen molar-refractivity contribution in [3.05, 3.63) is 29.3 Å². The molecule has 0 aliphatic rings. The van der Waals surface area contributed by atoms with Crippen LogP contribution in [0.1, 0.15) is 15.9 Å². The third-order valence-corrected chi connectivity index (χ3v) is 3.84. The van der Waals surface area contributed by atoms with Crippen LogP contribution in [0.4, 0.5) is 5.69 Å². The van der Waals surface area contributed by atoms with Gasteiger partial charge in [-0.1, -0.05) is 0 Å². The maximum atomic E-state index is 11.0. The van der Waals surface area contributed by atoms with Crippen LogP contribution in [-0.2, 0) is 35.0 Å². The van der Waals surface area contributed by atoms with Crippen molar-refractivity contribution < 1.29 is 30.0 Å². The number of hydrogen-bond acceptors (Lipinski definition) is 8. The summed E-state index contributed by atoms with van der Waals surface area (Å²) in [4.78, 5) is 10.8. The molecular weight excluding hydrogens is 346 g/mol. The van der Waals surface area contributed by atoms with Crippen LogP contribution in [0.3, 0.4) is 0 Å². The molecule has 0 heterocycles. The zero-order chi connectivity index (χ0) is 17.5. The summed E-state index contributed by atoms with van der Waals surface area (Å²) < 4.78 is 53.0. The summed E-state index contributed by atoms with van der Waals surface area (Å²) in [5.74, 6) is 0. The first kappa shape index (κ1) is 19.6. The predicted molar refractivity (Wildman–Crippen MR) is 85.6 cm³/mol. The van der Waals surface area contributed by atoms with Gasteiger partial charge in [0.2, 0.25) is 0 Å². The molecule has 0 aliphatic heterocycles. The zero-order valence-electron chi connectivity index (χ0n) is 12.8. The van der Waals surface area contributed by atoms with Gasteiger partial charge in [-0.25, -0.2) is 0 Å². The van der Waals surface area contributed by atoms with Crippen LogP contribution in [0.25, 0.3) is 0 Å². The predicted octanol–water partition coefficient (Wildman–Crippen LogP) is 0.406. The highest BCUT2D eigenvalue weighted by Gasteiger charge is 2.08.